The Morgan fingerprint density at radius 3 is 2.33 bits per heavy atom. The van der Waals surface area contributed by atoms with Gasteiger partial charge in [-0.25, -0.2) is 13.2 Å². The maximum Gasteiger partial charge on any atom is 0.338 e. The molecule has 9 heteroatoms. The Kier molecular flexibility index (Phi) is 8.34. The van der Waals surface area contributed by atoms with Crippen LogP contribution in [0.2, 0.25) is 10.0 Å². The molecule has 3 aromatic rings. The summed E-state index contributed by atoms with van der Waals surface area (Å²) in [7, 11) is -4.06. The molecule has 1 fully saturated rings. The topological polar surface area (TPSA) is 89.5 Å². The third kappa shape index (κ3) is 6.46. The smallest absolute Gasteiger partial charge is 0.338 e. The first-order chi connectivity index (χ1) is 17.2. The summed E-state index contributed by atoms with van der Waals surface area (Å²) in [4.78, 5) is 24.9. The molecule has 188 valence electrons. The van der Waals surface area contributed by atoms with Crippen molar-refractivity contribution in [1.82, 2.24) is 0 Å². The summed E-state index contributed by atoms with van der Waals surface area (Å²) in [6, 6.07) is 17.2. The van der Waals surface area contributed by atoms with Crippen LogP contribution >= 0.6 is 23.2 Å². The molecule has 0 saturated heterocycles. The Balaban J connectivity index is 1.39. The zero-order valence-corrected chi connectivity index (χ0v) is 21.7. The summed E-state index contributed by atoms with van der Waals surface area (Å²) < 4.78 is 33.2. The first-order valence-electron chi connectivity index (χ1n) is 11.6. The van der Waals surface area contributed by atoms with Gasteiger partial charge in [-0.15, -0.1) is 0 Å². The van der Waals surface area contributed by atoms with Crippen LogP contribution in [0.25, 0.3) is 0 Å². The van der Waals surface area contributed by atoms with Crippen LogP contribution in [0.5, 0.6) is 0 Å². The molecule has 0 unspecified atom stereocenters. The molecule has 0 amide bonds. The molecule has 6 nitrogen and oxygen atoms in total. The Hall–Kier alpha value is -2.87. The molecule has 36 heavy (non-hydrogen) atoms. The fourth-order valence-electron chi connectivity index (χ4n) is 4.24. The zero-order valence-electron chi connectivity index (χ0n) is 19.4. The Bertz CT molecular complexity index is 1370. The van der Waals surface area contributed by atoms with E-state index in [1.807, 2.05) is 12.1 Å². The van der Waals surface area contributed by atoms with Crippen molar-refractivity contribution in [3.63, 3.8) is 0 Å². The van der Waals surface area contributed by atoms with Crippen molar-refractivity contribution in [2.24, 2.45) is 0 Å². The number of ketones is 1. The first kappa shape index (κ1) is 26.2. The molecule has 0 spiro atoms. The predicted molar refractivity (Wildman–Crippen MR) is 141 cm³/mol. The van der Waals surface area contributed by atoms with E-state index in [1.54, 1.807) is 12.1 Å². The summed E-state index contributed by atoms with van der Waals surface area (Å²) in [6.07, 6.45) is 6.07. The minimum Gasteiger partial charge on any atom is -0.454 e. The van der Waals surface area contributed by atoms with E-state index in [-0.39, 0.29) is 27.0 Å². The normalized spacial score (nSPS) is 14.3. The van der Waals surface area contributed by atoms with Crippen LogP contribution in [-0.2, 0) is 14.8 Å². The lowest BCUT2D eigenvalue weighted by Gasteiger charge is -2.22. The molecule has 1 saturated carbocycles. The van der Waals surface area contributed by atoms with Gasteiger partial charge in [-0.2, -0.15) is 0 Å². The number of benzene rings is 3. The van der Waals surface area contributed by atoms with E-state index in [2.05, 4.69) is 4.72 Å². The molecule has 3 aromatic carbocycles. The Morgan fingerprint density at radius 2 is 1.61 bits per heavy atom. The van der Waals surface area contributed by atoms with Gasteiger partial charge in [0.25, 0.3) is 10.0 Å². The van der Waals surface area contributed by atoms with Crippen molar-refractivity contribution in [1.29, 1.82) is 0 Å². The number of ether oxygens (including phenoxy) is 1. The van der Waals surface area contributed by atoms with Crippen molar-refractivity contribution in [3.05, 3.63) is 93.5 Å². The maximum absolute atomic E-state index is 12.8. The van der Waals surface area contributed by atoms with Gasteiger partial charge in [0, 0.05) is 10.6 Å². The highest BCUT2D eigenvalue weighted by molar-refractivity contribution is 7.92. The number of sulfonamides is 1. The number of Topliss-reactive ketones (excluding diaryl/α,β-unsaturated/α-hetero) is 1. The molecule has 0 heterocycles. The van der Waals surface area contributed by atoms with Crippen molar-refractivity contribution in [3.8, 4) is 0 Å². The number of hydrogen-bond acceptors (Lipinski definition) is 5. The third-order valence-corrected chi connectivity index (χ3v) is 8.12. The van der Waals surface area contributed by atoms with Crippen LogP contribution in [0.3, 0.4) is 0 Å². The van der Waals surface area contributed by atoms with Crippen LogP contribution in [-0.4, -0.2) is 26.8 Å². The second-order valence-electron chi connectivity index (χ2n) is 8.71. The van der Waals surface area contributed by atoms with Gasteiger partial charge in [0.15, 0.2) is 12.4 Å². The van der Waals surface area contributed by atoms with E-state index in [0.717, 1.165) is 0 Å². The summed E-state index contributed by atoms with van der Waals surface area (Å²) in [5, 5.41) is 0.478. The van der Waals surface area contributed by atoms with Crippen molar-refractivity contribution >= 4 is 50.7 Å². The van der Waals surface area contributed by atoms with Gasteiger partial charge in [0.05, 0.1) is 21.2 Å². The Morgan fingerprint density at radius 1 is 0.889 bits per heavy atom. The van der Waals surface area contributed by atoms with Crippen LogP contribution < -0.4 is 4.72 Å². The Labute approximate surface area is 220 Å². The number of esters is 1. The molecular formula is C27H25Cl2NO5S. The van der Waals surface area contributed by atoms with Crippen LogP contribution in [0, 0.1) is 0 Å². The van der Waals surface area contributed by atoms with Crippen LogP contribution in [0.4, 0.5) is 5.69 Å². The minimum absolute atomic E-state index is 0.00416. The first-order valence-corrected chi connectivity index (χ1v) is 13.8. The SMILES string of the molecule is O=C(COC(=O)c1cccc(S(=O)(=O)Nc2cc(Cl)ccc2Cl)c1)c1ccc(C2CCCCC2)cc1. The minimum atomic E-state index is -4.06. The molecule has 1 N–H and O–H groups in total. The predicted octanol–water partition coefficient (Wildman–Crippen LogP) is 6.88. The average Bonchev–Trinajstić information content (AvgIpc) is 2.89. The van der Waals surface area contributed by atoms with E-state index < -0.39 is 22.6 Å². The lowest BCUT2D eigenvalue weighted by Crippen LogP contribution is -2.16. The van der Waals surface area contributed by atoms with E-state index >= 15 is 0 Å². The van der Waals surface area contributed by atoms with Crippen molar-refractivity contribution < 1.29 is 22.7 Å². The van der Waals surface area contributed by atoms with Crippen molar-refractivity contribution in [2.45, 2.75) is 42.9 Å². The number of anilines is 1. The van der Waals surface area contributed by atoms with E-state index in [1.165, 1.54) is 80.1 Å². The van der Waals surface area contributed by atoms with Gasteiger partial charge in [-0.1, -0.05) is 72.8 Å². The molecule has 0 bridgehead atoms. The number of nitrogens with one attached hydrogen (secondary N) is 1. The van der Waals surface area contributed by atoms with E-state index in [4.69, 9.17) is 27.9 Å². The molecule has 0 radical (unpaired) electrons. The summed E-state index contributed by atoms with van der Waals surface area (Å²) in [5.41, 5.74) is 1.79. The fraction of sp³-hybridized carbons (Fsp3) is 0.259. The number of carbonyl (C=O) groups is 2. The quantitative estimate of drug-likeness (QED) is 0.246. The number of halogens is 2. The van der Waals surface area contributed by atoms with Gasteiger partial charge >= 0.3 is 5.97 Å². The lowest BCUT2D eigenvalue weighted by atomic mass is 9.84. The van der Waals surface area contributed by atoms with E-state index in [0.29, 0.717) is 16.5 Å². The monoisotopic (exact) mass is 545 g/mol. The molecule has 0 aliphatic heterocycles. The molecular weight excluding hydrogens is 521 g/mol. The number of carbonyl (C=O) groups excluding carboxylic acids is 2. The lowest BCUT2D eigenvalue weighted by molar-refractivity contribution is 0.0474. The van der Waals surface area contributed by atoms with Gasteiger partial charge in [0.1, 0.15) is 0 Å². The summed E-state index contributed by atoms with van der Waals surface area (Å²) >= 11 is 12.0. The second-order valence-corrected chi connectivity index (χ2v) is 11.2. The standard InChI is InChI=1S/C27H25Cl2NO5S/c28-22-13-14-24(29)25(16-22)30-36(33,34)23-8-4-7-21(15-23)27(32)35-17-26(31)20-11-9-19(10-12-20)18-5-2-1-3-6-18/h4,7-16,18,30H,1-3,5-6,17H2. The summed E-state index contributed by atoms with van der Waals surface area (Å²) in [5.74, 6) is -0.603. The third-order valence-electron chi connectivity index (χ3n) is 6.20. The highest BCUT2D eigenvalue weighted by atomic mass is 35.5. The van der Waals surface area contributed by atoms with Crippen LogP contribution in [0.15, 0.2) is 71.6 Å². The average molecular weight is 546 g/mol. The molecule has 1 aliphatic carbocycles. The van der Waals surface area contributed by atoms with Gasteiger partial charge in [-0.05, 0) is 60.7 Å². The van der Waals surface area contributed by atoms with Gasteiger partial charge in [-0.3, -0.25) is 9.52 Å². The second kappa shape index (κ2) is 11.5. The molecule has 0 atom stereocenters. The van der Waals surface area contributed by atoms with Crippen molar-refractivity contribution in [2.75, 3.05) is 11.3 Å². The molecule has 4 rings (SSSR count). The number of hydrogen-bond donors (Lipinski definition) is 1. The van der Waals surface area contributed by atoms with Gasteiger partial charge in [0.2, 0.25) is 0 Å². The zero-order chi connectivity index (χ0) is 25.7. The molecule has 1 aliphatic rings. The highest BCUT2D eigenvalue weighted by Gasteiger charge is 2.20. The van der Waals surface area contributed by atoms with E-state index in [9.17, 15) is 18.0 Å². The largest absolute Gasteiger partial charge is 0.454 e. The summed E-state index contributed by atoms with van der Waals surface area (Å²) in [6.45, 7) is -0.449. The number of rotatable bonds is 8. The fourth-order valence-corrected chi connectivity index (χ4v) is 5.75. The van der Waals surface area contributed by atoms with Crippen LogP contribution in [0.1, 0.15) is 64.3 Å². The molecule has 0 aromatic heterocycles. The maximum atomic E-state index is 12.8. The highest BCUT2D eigenvalue weighted by Crippen LogP contribution is 2.32. The van der Waals surface area contributed by atoms with Gasteiger partial charge < -0.3 is 4.74 Å².